The Morgan fingerprint density at radius 2 is 1.10 bits per heavy atom. The third kappa shape index (κ3) is 3.50. The summed E-state index contributed by atoms with van der Waals surface area (Å²) in [6.45, 7) is 4.66. The smallest absolute Gasteiger partial charge is 0.0620 e. The van der Waals surface area contributed by atoms with Crippen LogP contribution in [0.4, 0.5) is 11.4 Å². The predicted octanol–water partition coefficient (Wildman–Crippen LogP) is 10.5. The predicted molar refractivity (Wildman–Crippen MR) is 174 cm³/mol. The molecular formula is C39H30N2. The van der Waals surface area contributed by atoms with Crippen molar-refractivity contribution < 1.29 is 0 Å². The molecule has 0 saturated heterocycles. The van der Waals surface area contributed by atoms with Crippen molar-refractivity contribution in [1.29, 1.82) is 0 Å². The van der Waals surface area contributed by atoms with Crippen molar-refractivity contribution in [2.75, 3.05) is 5.32 Å². The molecule has 1 aliphatic carbocycles. The van der Waals surface area contributed by atoms with Crippen molar-refractivity contribution >= 4 is 33.2 Å². The van der Waals surface area contributed by atoms with Crippen LogP contribution in [-0.2, 0) is 5.41 Å². The third-order valence-corrected chi connectivity index (χ3v) is 8.80. The summed E-state index contributed by atoms with van der Waals surface area (Å²) in [4.78, 5) is 0. The van der Waals surface area contributed by atoms with Crippen molar-refractivity contribution in [3.05, 3.63) is 151 Å². The van der Waals surface area contributed by atoms with Gasteiger partial charge in [0.25, 0.3) is 0 Å². The van der Waals surface area contributed by atoms with Gasteiger partial charge in [0.2, 0.25) is 0 Å². The van der Waals surface area contributed by atoms with Gasteiger partial charge in [0.1, 0.15) is 0 Å². The first-order chi connectivity index (χ1) is 20.1. The SMILES string of the molecule is CC1(C)c2ccccc2-c2c(Nc3ccccc3-c3cccc4c5ccccc5n(-c5ccccc5)c34)cccc21. The highest BCUT2D eigenvalue weighted by molar-refractivity contribution is 6.14. The molecule has 0 spiro atoms. The lowest BCUT2D eigenvalue weighted by Gasteiger charge is -2.22. The Morgan fingerprint density at radius 1 is 0.488 bits per heavy atom. The van der Waals surface area contributed by atoms with Crippen LogP contribution in [0, 0.1) is 0 Å². The van der Waals surface area contributed by atoms with E-state index in [2.05, 4.69) is 163 Å². The Labute approximate surface area is 240 Å². The largest absolute Gasteiger partial charge is 0.355 e. The molecule has 0 fully saturated rings. The molecule has 0 bridgehead atoms. The topological polar surface area (TPSA) is 17.0 Å². The van der Waals surface area contributed by atoms with Gasteiger partial charge in [-0.25, -0.2) is 0 Å². The molecule has 1 aliphatic rings. The number of benzene rings is 6. The monoisotopic (exact) mass is 526 g/mol. The van der Waals surface area contributed by atoms with Crippen molar-refractivity contribution in [1.82, 2.24) is 4.57 Å². The number of hydrogen-bond acceptors (Lipinski definition) is 1. The van der Waals surface area contributed by atoms with Crippen LogP contribution in [0.3, 0.4) is 0 Å². The van der Waals surface area contributed by atoms with Crippen LogP contribution < -0.4 is 5.32 Å². The van der Waals surface area contributed by atoms with Gasteiger partial charge in [-0.3, -0.25) is 0 Å². The maximum atomic E-state index is 3.90. The fourth-order valence-corrected chi connectivity index (χ4v) is 6.91. The number of anilines is 2. The van der Waals surface area contributed by atoms with Crippen LogP contribution in [0.15, 0.2) is 140 Å². The summed E-state index contributed by atoms with van der Waals surface area (Å²) in [6, 6.07) is 50.4. The molecule has 0 atom stereocenters. The average Bonchev–Trinajstić information content (AvgIpc) is 3.48. The number of hydrogen-bond donors (Lipinski definition) is 1. The molecule has 1 aromatic heterocycles. The molecule has 41 heavy (non-hydrogen) atoms. The Balaban J connectivity index is 1.36. The first-order valence-corrected chi connectivity index (χ1v) is 14.3. The summed E-state index contributed by atoms with van der Waals surface area (Å²) >= 11 is 0. The van der Waals surface area contributed by atoms with Gasteiger partial charge >= 0.3 is 0 Å². The van der Waals surface area contributed by atoms with E-state index < -0.39 is 0 Å². The van der Waals surface area contributed by atoms with E-state index in [0.717, 1.165) is 17.1 Å². The molecule has 196 valence electrons. The lowest BCUT2D eigenvalue weighted by atomic mass is 9.82. The molecule has 1 heterocycles. The molecule has 0 unspecified atom stereocenters. The van der Waals surface area contributed by atoms with Gasteiger partial charge in [-0.2, -0.15) is 0 Å². The maximum Gasteiger partial charge on any atom is 0.0620 e. The second-order valence-electron chi connectivity index (χ2n) is 11.5. The molecule has 0 aliphatic heterocycles. The Hall–Kier alpha value is -5.08. The van der Waals surface area contributed by atoms with Gasteiger partial charge in [-0.15, -0.1) is 0 Å². The minimum Gasteiger partial charge on any atom is -0.355 e. The van der Waals surface area contributed by atoms with Gasteiger partial charge in [0.15, 0.2) is 0 Å². The summed E-state index contributed by atoms with van der Waals surface area (Å²) in [5.41, 5.74) is 13.6. The van der Waals surface area contributed by atoms with Gasteiger partial charge in [0.05, 0.1) is 11.0 Å². The van der Waals surface area contributed by atoms with Crippen LogP contribution in [0.2, 0.25) is 0 Å². The Kier molecular flexibility index (Phi) is 5.20. The minimum atomic E-state index is -0.0364. The normalized spacial score (nSPS) is 13.3. The Bertz CT molecular complexity index is 2100. The lowest BCUT2D eigenvalue weighted by molar-refractivity contribution is 0.660. The molecule has 0 amide bonds. The van der Waals surface area contributed by atoms with Crippen LogP contribution in [0.25, 0.3) is 49.7 Å². The molecular weight excluding hydrogens is 496 g/mol. The number of nitrogens with zero attached hydrogens (tertiary/aromatic N) is 1. The molecule has 0 radical (unpaired) electrons. The van der Waals surface area contributed by atoms with E-state index in [1.54, 1.807) is 0 Å². The summed E-state index contributed by atoms with van der Waals surface area (Å²) in [7, 11) is 0. The molecule has 2 heteroatoms. The highest BCUT2D eigenvalue weighted by Crippen LogP contribution is 2.52. The summed E-state index contributed by atoms with van der Waals surface area (Å²) < 4.78 is 2.41. The van der Waals surface area contributed by atoms with E-state index in [-0.39, 0.29) is 5.41 Å². The van der Waals surface area contributed by atoms with Gasteiger partial charge in [-0.1, -0.05) is 123 Å². The van der Waals surface area contributed by atoms with Crippen LogP contribution in [-0.4, -0.2) is 4.57 Å². The lowest BCUT2D eigenvalue weighted by Crippen LogP contribution is -2.14. The van der Waals surface area contributed by atoms with Gasteiger partial charge in [-0.05, 0) is 47.0 Å². The van der Waals surface area contributed by atoms with Crippen LogP contribution >= 0.6 is 0 Å². The zero-order valence-corrected chi connectivity index (χ0v) is 23.2. The van der Waals surface area contributed by atoms with Crippen molar-refractivity contribution in [3.63, 3.8) is 0 Å². The first kappa shape index (κ1) is 23.8. The van der Waals surface area contributed by atoms with Crippen molar-refractivity contribution in [2.45, 2.75) is 19.3 Å². The van der Waals surface area contributed by atoms with E-state index in [9.17, 15) is 0 Å². The molecule has 6 aromatic carbocycles. The number of rotatable bonds is 4. The van der Waals surface area contributed by atoms with E-state index >= 15 is 0 Å². The fourth-order valence-electron chi connectivity index (χ4n) is 6.91. The molecule has 7 aromatic rings. The third-order valence-electron chi connectivity index (χ3n) is 8.80. The second kappa shape index (κ2) is 8.97. The standard InChI is InChI=1S/C39H30N2/c1-39(2)32-21-9-6-18-31(32)37-33(39)22-13-24-35(37)40-34-23-10-7-16-27(34)29-19-12-20-30-28-17-8-11-25-36(28)41(38(29)30)26-14-4-3-5-15-26/h3-25,40H,1-2H3. The molecule has 2 nitrogen and oxygen atoms in total. The molecule has 0 saturated carbocycles. The number of para-hydroxylation sites is 4. The Morgan fingerprint density at radius 3 is 1.98 bits per heavy atom. The summed E-state index contributed by atoms with van der Waals surface area (Å²) in [5, 5.41) is 6.42. The maximum absolute atomic E-state index is 3.90. The zero-order chi connectivity index (χ0) is 27.6. The number of fused-ring (bicyclic) bond motifs is 6. The zero-order valence-electron chi connectivity index (χ0n) is 23.2. The van der Waals surface area contributed by atoms with Crippen molar-refractivity contribution in [2.24, 2.45) is 0 Å². The summed E-state index contributed by atoms with van der Waals surface area (Å²) in [5.74, 6) is 0. The number of aromatic nitrogens is 1. The van der Waals surface area contributed by atoms with Crippen LogP contribution in [0.1, 0.15) is 25.0 Å². The highest BCUT2D eigenvalue weighted by atomic mass is 15.0. The molecule has 8 rings (SSSR count). The van der Waals surface area contributed by atoms with Crippen molar-refractivity contribution in [3.8, 4) is 27.9 Å². The highest BCUT2D eigenvalue weighted by Gasteiger charge is 2.36. The van der Waals surface area contributed by atoms with E-state index in [1.165, 1.54) is 55.2 Å². The molecule has 1 N–H and O–H groups in total. The fraction of sp³-hybridized carbons (Fsp3) is 0.0769. The van der Waals surface area contributed by atoms with E-state index in [0.29, 0.717) is 0 Å². The average molecular weight is 527 g/mol. The van der Waals surface area contributed by atoms with E-state index in [4.69, 9.17) is 0 Å². The summed E-state index contributed by atoms with van der Waals surface area (Å²) in [6.07, 6.45) is 0. The minimum absolute atomic E-state index is 0.0364. The van der Waals surface area contributed by atoms with E-state index in [1.807, 2.05) is 0 Å². The number of nitrogens with one attached hydrogen (secondary N) is 1. The quantitative estimate of drug-likeness (QED) is 0.241. The van der Waals surface area contributed by atoms with Gasteiger partial charge in [0, 0.05) is 49.9 Å². The van der Waals surface area contributed by atoms with Crippen LogP contribution in [0.5, 0.6) is 0 Å². The second-order valence-corrected chi connectivity index (χ2v) is 11.5. The first-order valence-electron chi connectivity index (χ1n) is 14.3. The van der Waals surface area contributed by atoms with Gasteiger partial charge < -0.3 is 9.88 Å².